The lowest BCUT2D eigenvalue weighted by Gasteiger charge is -2.19. The third kappa shape index (κ3) is 3.06. The second-order valence-corrected chi connectivity index (χ2v) is 7.78. The maximum absolute atomic E-state index is 6.04. The van der Waals surface area contributed by atoms with Crippen LogP contribution in [0.4, 0.5) is 5.69 Å². The molecule has 4 rings (SSSR count). The molecule has 0 saturated carbocycles. The number of dihydropyridines is 1. The summed E-state index contributed by atoms with van der Waals surface area (Å²) >= 11 is 0. The van der Waals surface area contributed by atoms with Gasteiger partial charge in [0.05, 0.1) is 12.6 Å². The zero-order valence-electron chi connectivity index (χ0n) is 16.0. The van der Waals surface area contributed by atoms with Crippen LogP contribution in [0.2, 0.25) is 0 Å². The Bertz CT molecular complexity index is 898. The monoisotopic (exact) mass is 349 g/mol. The van der Waals surface area contributed by atoms with Crippen molar-refractivity contribution in [2.24, 2.45) is 5.92 Å². The molecule has 0 spiro atoms. The van der Waals surface area contributed by atoms with E-state index in [1.54, 1.807) is 0 Å². The minimum absolute atomic E-state index is 0.277. The molecule has 0 fully saturated rings. The number of nitrogens with zero attached hydrogens (tertiary/aromatic N) is 1. The normalized spacial score (nSPS) is 19.2. The summed E-state index contributed by atoms with van der Waals surface area (Å²) in [5.74, 6) is 1.44. The largest absolute Gasteiger partial charge is 0.493 e. The fourth-order valence-corrected chi connectivity index (χ4v) is 3.98. The molecule has 2 unspecified atom stereocenters. The minimum atomic E-state index is 0.277. The van der Waals surface area contributed by atoms with Crippen LogP contribution in [0.1, 0.15) is 19.4 Å². The summed E-state index contributed by atoms with van der Waals surface area (Å²) in [6.45, 7) is 6.14. The molecule has 2 heterocycles. The first-order valence-electron chi connectivity index (χ1n) is 9.27. The third-order valence-corrected chi connectivity index (χ3v) is 5.11. The van der Waals surface area contributed by atoms with Gasteiger partial charge in [-0.15, -0.1) is 0 Å². The predicted molar refractivity (Wildman–Crippen MR) is 109 cm³/mol. The number of rotatable bonds is 5. The molecule has 2 aliphatic heterocycles. The summed E-state index contributed by atoms with van der Waals surface area (Å²) in [7, 11) is 4.19. The van der Waals surface area contributed by atoms with Gasteiger partial charge in [-0.2, -0.15) is 0 Å². The quantitative estimate of drug-likeness (QED) is 0.853. The molecule has 2 aliphatic rings. The number of ether oxygens (including phenoxy) is 1. The topological polar surface area (TPSA) is 36.5 Å². The number of anilines is 1. The van der Waals surface area contributed by atoms with Crippen molar-refractivity contribution in [2.75, 3.05) is 32.6 Å². The summed E-state index contributed by atoms with van der Waals surface area (Å²) in [5.41, 5.74) is 5.14. The van der Waals surface area contributed by atoms with Crippen LogP contribution in [-0.2, 0) is 0 Å². The van der Waals surface area contributed by atoms with E-state index in [2.05, 4.69) is 86.2 Å². The van der Waals surface area contributed by atoms with Gasteiger partial charge in [-0.05, 0) is 55.6 Å². The van der Waals surface area contributed by atoms with Crippen molar-refractivity contribution < 1.29 is 4.74 Å². The molecule has 26 heavy (non-hydrogen) atoms. The van der Waals surface area contributed by atoms with Crippen LogP contribution >= 0.6 is 0 Å². The van der Waals surface area contributed by atoms with E-state index in [0.717, 1.165) is 18.9 Å². The van der Waals surface area contributed by atoms with Gasteiger partial charge < -0.3 is 20.3 Å². The van der Waals surface area contributed by atoms with Crippen molar-refractivity contribution in [3.8, 4) is 5.75 Å². The summed E-state index contributed by atoms with van der Waals surface area (Å²) in [5, 5.41) is 9.41. The molecular formula is C22H27N3O. The lowest BCUT2D eigenvalue weighted by Crippen LogP contribution is -2.24. The van der Waals surface area contributed by atoms with Gasteiger partial charge in [0.1, 0.15) is 5.75 Å². The first-order chi connectivity index (χ1) is 12.5. The standard InChI is InChI=1S/C22H27N3O/c1-14(12-25(3)4)13-26-17-6-7-18-16(9-17)5-8-20-21(18)19-11-23-10-15(2)22(19)24-20/h5-11,14,22-24H,12-13H2,1-4H3. The maximum atomic E-state index is 6.04. The van der Waals surface area contributed by atoms with Crippen molar-refractivity contribution >= 4 is 22.0 Å². The Hall–Kier alpha value is -2.46. The molecule has 0 aliphatic carbocycles. The second-order valence-electron chi connectivity index (χ2n) is 7.78. The zero-order chi connectivity index (χ0) is 18.3. The fraction of sp³-hybridized carbons (Fsp3) is 0.364. The van der Waals surface area contributed by atoms with Crippen LogP contribution in [0.15, 0.2) is 48.3 Å². The van der Waals surface area contributed by atoms with E-state index in [9.17, 15) is 0 Å². The fourth-order valence-electron chi connectivity index (χ4n) is 3.98. The van der Waals surface area contributed by atoms with Crippen molar-refractivity contribution in [3.05, 3.63) is 53.9 Å². The number of hydrogen-bond donors (Lipinski definition) is 2. The summed E-state index contributed by atoms with van der Waals surface area (Å²) < 4.78 is 6.04. The highest BCUT2D eigenvalue weighted by molar-refractivity contribution is 6.04. The third-order valence-electron chi connectivity index (χ3n) is 5.11. The summed E-state index contributed by atoms with van der Waals surface area (Å²) in [4.78, 5) is 2.20. The molecule has 4 nitrogen and oxygen atoms in total. The highest BCUT2D eigenvalue weighted by atomic mass is 16.5. The van der Waals surface area contributed by atoms with Crippen LogP contribution in [0.3, 0.4) is 0 Å². The smallest absolute Gasteiger partial charge is 0.119 e. The van der Waals surface area contributed by atoms with Crippen molar-refractivity contribution in [1.29, 1.82) is 0 Å². The molecule has 2 atom stereocenters. The van der Waals surface area contributed by atoms with Crippen molar-refractivity contribution in [3.63, 3.8) is 0 Å². The number of benzene rings is 2. The van der Waals surface area contributed by atoms with Crippen LogP contribution in [0.5, 0.6) is 5.75 Å². The van der Waals surface area contributed by atoms with E-state index in [4.69, 9.17) is 4.74 Å². The molecule has 0 aromatic heterocycles. The highest BCUT2D eigenvalue weighted by Crippen LogP contribution is 2.43. The molecule has 2 N–H and O–H groups in total. The summed E-state index contributed by atoms with van der Waals surface area (Å²) in [6, 6.07) is 11.1. The van der Waals surface area contributed by atoms with Crippen molar-refractivity contribution in [1.82, 2.24) is 10.2 Å². The van der Waals surface area contributed by atoms with Gasteiger partial charge in [-0.1, -0.05) is 19.1 Å². The van der Waals surface area contributed by atoms with E-state index in [1.807, 2.05) is 0 Å². The van der Waals surface area contributed by atoms with Crippen LogP contribution in [0, 0.1) is 5.92 Å². The Morgan fingerprint density at radius 3 is 2.81 bits per heavy atom. The Balaban J connectivity index is 1.60. The molecule has 2 aromatic rings. The van der Waals surface area contributed by atoms with Gasteiger partial charge in [0.2, 0.25) is 0 Å². The van der Waals surface area contributed by atoms with Crippen LogP contribution in [-0.4, -0.2) is 38.2 Å². The Kier molecular flexibility index (Phi) is 4.37. The average molecular weight is 349 g/mol. The first-order valence-corrected chi connectivity index (χ1v) is 9.27. The zero-order valence-corrected chi connectivity index (χ0v) is 16.0. The minimum Gasteiger partial charge on any atom is -0.493 e. The number of fused-ring (bicyclic) bond motifs is 5. The van der Waals surface area contributed by atoms with Gasteiger partial charge in [0, 0.05) is 41.7 Å². The highest BCUT2D eigenvalue weighted by Gasteiger charge is 2.30. The van der Waals surface area contributed by atoms with E-state index in [1.165, 1.54) is 33.2 Å². The molecule has 136 valence electrons. The van der Waals surface area contributed by atoms with Crippen LogP contribution in [0.25, 0.3) is 16.3 Å². The lowest BCUT2D eigenvalue weighted by atomic mass is 9.93. The van der Waals surface area contributed by atoms with Gasteiger partial charge in [-0.3, -0.25) is 0 Å². The molecule has 4 heteroatoms. The molecule has 0 radical (unpaired) electrons. The van der Waals surface area contributed by atoms with E-state index < -0.39 is 0 Å². The number of hydrogen-bond acceptors (Lipinski definition) is 4. The Labute approximate surface area is 155 Å². The lowest BCUT2D eigenvalue weighted by molar-refractivity contribution is 0.222. The van der Waals surface area contributed by atoms with Gasteiger partial charge >= 0.3 is 0 Å². The average Bonchev–Trinajstić information content (AvgIpc) is 3.00. The Morgan fingerprint density at radius 2 is 2.00 bits per heavy atom. The van der Waals surface area contributed by atoms with Gasteiger partial charge in [0.15, 0.2) is 0 Å². The second kappa shape index (κ2) is 6.69. The summed E-state index contributed by atoms with van der Waals surface area (Å²) in [6.07, 6.45) is 4.18. The van der Waals surface area contributed by atoms with Crippen molar-refractivity contribution in [2.45, 2.75) is 19.9 Å². The first kappa shape index (κ1) is 17.0. The van der Waals surface area contributed by atoms with Crippen LogP contribution < -0.4 is 15.4 Å². The maximum Gasteiger partial charge on any atom is 0.119 e. The van der Waals surface area contributed by atoms with E-state index in [-0.39, 0.29) is 6.04 Å². The molecule has 2 aromatic carbocycles. The Morgan fingerprint density at radius 1 is 1.15 bits per heavy atom. The SMILES string of the molecule is CC1=CNC=C2c3c(ccc4cc(OCC(C)CN(C)C)ccc34)NC12. The molecular weight excluding hydrogens is 322 g/mol. The molecule has 0 saturated heterocycles. The molecule has 0 amide bonds. The van der Waals surface area contributed by atoms with E-state index in [0.29, 0.717) is 5.92 Å². The van der Waals surface area contributed by atoms with Gasteiger partial charge in [0.25, 0.3) is 0 Å². The molecule has 0 bridgehead atoms. The predicted octanol–water partition coefficient (Wildman–Crippen LogP) is 4.06. The van der Waals surface area contributed by atoms with Gasteiger partial charge in [-0.25, -0.2) is 0 Å². The number of nitrogens with one attached hydrogen (secondary N) is 2. The van der Waals surface area contributed by atoms with E-state index >= 15 is 0 Å².